The first kappa shape index (κ1) is 13.1. The van der Waals surface area contributed by atoms with E-state index in [1.807, 2.05) is 0 Å². The monoisotopic (exact) mass is 274 g/mol. The highest BCUT2D eigenvalue weighted by molar-refractivity contribution is 7.80. The summed E-state index contributed by atoms with van der Waals surface area (Å²) in [6.07, 6.45) is 4.24. The molecule has 1 aromatic carbocycles. The number of halogens is 3. The highest BCUT2D eigenvalue weighted by Crippen LogP contribution is 2.21. The van der Waals surface area contributed by atoms with Crippen molar-refractivity contribution in [2.24, 2.45) is 0 Å². The molecule has 0 amide bonds. The van der Waals surface area contributed by atoms with Crippen LogP contribution >= 0.6 is 12.2 Å². The van der Waals surface area contributed by atoms with Crippen LogP contribution in [0.2, 0.25) is 0 Å². The second-order valence-electron chi connectivity index (χ2n) is 4.32. The molecule has 2 N–H and O–H groups in total. The van der Waals surface area contributed by atoms with Crippen molar-refractivity contribution in [3.05, 3.63) is 29.6 Å². The molecule has 1 aromatic rings. The van der Waals surface area contributed by atoms with Crippen LogP contribution in [0, 0.1) is 17.5 Å². The number of anilines is 1. The summed E-state index contributed by atoms with van der Waals surface area (Å²) in [6, 6.07) is 1.48. The Morgan fingerprint density at radius 2 is 1.67 bits per heavy atom. The third kappa shape index (κ3) is 3.13. The zero-order chi connectivity index (χ0) is 13.1. The topological polar surface area (TPSA) is 24.1 Å². The average Bonchev–Trinajstić information content (AvgIpc) is 2.76. The zero-order valence-electron chi connectivity index (χ0n) is 9.60. The van der Waals surface area contributed by atoms with Gasteiger partial charge in [-0.1, -0.05) is 12.8 Å². The van der Waals surface area contributed by atoms with Crippen molar-refractivity contribution in [1.29, 1.82) is 0 Å². The van der Waals surface area contributed by atoms with E-state index in [0.29, 0.717) is 12.1 Å². The maximum absolute atomic E-state index is 13.4. The standard InChI is InChI=1S/C12H13F3N2S/c13-7-5-9(14)11(10(15)6-7)17-12(18)16-8-3-1-2-4-8/h5-6,8H,1-4H2,(H2,16,17,18). The number of hydrogen-bond donors (Lipinski definition) is 2. The van der Waals surface area contributed by atoms with E-state index in [2.05, 4.69) is 10.6 Å². The second kappa shape index (κ2) is 5.56. The molecule has 2 rings (SSSR count). The molecule has 2 nitrogen and oxygen atoms in total. The number of nitrogens with one attached hydrogen (secondary N) is 2. The van der Waals surface area contributed by atoms with Crippen molar-refractivity contribution < 1.29 is 13.2 Å². The number of rotatable bonds is 2. The van der Waals surface area contributed by atoms with Gasteiger partial charge in [-0.05, 0) is 25.1 Å². The van der Waals surface area contributed by atoms with Gasteiger partial charge in [0, 0.05) is 18.2 Å². The van der Waals surface area contributed by atoms with Gasteiger partial charge in [-0.2, -0.15) is 0 Å². The molecule has 18 heavy (non-hydrogen) atoms. The van der Waals surface area contributed by atoms with Gasteiger partial charge in [0.15, 0.2) is 16.7 Å². The van der Waals surface area contributed by atoms with Crippen molar-refractivity contribution >= 4 is 23.0 Å². The third-order valence-electron chi connectivity index (χ3n) is 2.94. The number of benzene rings is 1. The minimum absolute atomic E-state index is 0.159. The highest BCUT2D eigenvalue weighted by Gasteiger charge is 2.17. The summed E-state index contributed by atoms with van der Waals surface area (Å²) in [6.45, 7) is 0. The maximum Gasteiger partial charge on any atom is 0.171 e. The van der Waals surface area contributed by atoms with Crippen molar-refractivity contribution in [3.63, 3.8) is 0 Å². The summed E-state index contributed by atoms with van der Waals surface area (Å²) in [5.74, 6) is -2.95. The average molecular weight is 274 g/mol. The predicted octanol–water partition coefficient (Wildman–Crippen LogP) is 3.33. The minimum atomic E-state index is -0.997. The lowest BCUT2D eigenvalue weighted by atomic mass is 10.2. The molecule has 0 atom stereocenters. The van der Waals surface area contributed by atoms with E-state index in [0.717, 1.165) is 25.7 Å². The van der Waals surface area contributed by atoms with Gasteiger partial charge >= 0.3 is 0 Å². The fourth-order valence-electron chi connectivity index (χ4n) is 2.07. The van der Waals surface area contributed by atoms with Gasteiger partial charge in [-0.15, -0.1) is 0 Å². The molecule has 0 spiro atoms. The Morgan fingerprint density at radius 3 is 2.22 bits per heavy atom. The molecule has 0 unspecified atom stereocenters. The molecule has 0 radical (unpaired) electrons. The third-order valence-corrected chi connectivity index (χ3v) is 3.16. The zero-order valence-corrected chi connectivity index (χ0v) is 10.4. The minimum Gasteiger partial charge on any atom is -0.360 e. The number of thiocarbonyl (C=S) groups is 1. The lowest BCUT2D eigenvalue weighted by Gasteiger charge is -2.16. The fourth-order valence-corrected chi connectivity index (χ4v) is 2.34. The molecule has 0 aromatic heterocycles. The van der Waals surface area contributed by atoms with Crippen LogP contribution in [0.4, 0.5) is 18.9 Å². The Balaban J connectivity index is 2.02. The molecular formula is C12H13F3N2S. The Morgan fingerprint density at radius 1 is 1.11 bits per heavy atom. The van der Waals surface area contributed by atoms with E-state index < -0.39 is 23.1 Å². The number of hydrogen-bond acceptors (Lipinski definition) is 1. The maximum atomic E-state index is 13.4. The summed E-state index contributed by atoms with van der Waals surface area (Å²) < 4.78 is 39.4. The van der Waals surface area contributed by atoms with Crippen LogP contribution < -0.4 is 10.6 Å². The lowest BCUT2D eigenvalue weighted by molar-refractivity contribution is 0.548. The van der Waals surface area contributed by atoms with Crippen LogP contribution in [0.5, 0.6) is 0 Å². The van der Waals surface area contributed by atoms with E-state index in [4.69, 9.17) is 12.2 Å². The normalized spacial score (nSPS) is 15.7. The molecule has 1 saturated carbocycles. The van der Waals surface area contributed by atoms with E-state index in [9.17, 15) is 13.2 Å². The van der Waals surface area contributed by atoms with Crippen molar-refractivity contribution in [2.75, 3.05) is 5.32 Å². The van der Waals surface area contributed by atoms with Crippen molar-refractivity contribution in [2.45, 2.75) is 31.7 Å². The SMILES string of the molecule is Fc1cc(F)c(NC(=S)NC2CCCC2)c(F)c1. The van der Waals surface area contributed by atoms with Gasteiger partial charge in [0.1, 0.15) is 11.5 Å². The van der Waals surface area contributed by atoms with Crippen LogP contribution in [-0.4, -0.2) is 11.2 Å². The van der Waals surface area contributed by atoms with Gasteiger partial charge in [0.25, 0.3) is 0 Å². The van der Waals surface area contributed by atoms with Crippen LogP contribution in [-0.2, 0) is 0 Å². The Kier molecular flexibility index (Phi) is 4.06. The van der Waals surface area contributed by atoms with Crippen molar-refractivity contribution in [3.8, 4) is 0 Å². The van der Waals surface area contributed by atoms with Gasteiger partial charge in [0.05, 0.1) is 0 Å². The predicted molar refractivity (Wildman–Crippen MR) is 67.9 cm³/mol. The van der Waals surface area contributed by atoms with Gasteiger partial charge in [-0.3, -0.25) is 0 Å². The molecule has 6 heteroatoms. The van der Waals surface area contributed by atoms with Crippen LogP contribution in [0.15, 0.2) is 12.1 Å². The molecule has 0 aliphatic heterocycles. The van der Waals surface area contributed by atoms with Gasteiger partial charge < -0.3 is 10.6 Å². The Labute approximate surface area is 109 Å². The fraction of sp³-hybridized carbons (Fsp3) is 0.417. The van der Waals surface area contributed by atoms with Crippen LogP contribution in [0.25, 0.3) is 0 Å². The first-order valence-corrected chi connectivity index (χ1v) is 6.19. The largest absolute Gasteiger partial charge is 0.360 e. The van der Waals surface area contributed by atoms with E-state index >= 15 is 0 Å². The van der Waals surface area contributed by atoms with Crippen molar-refractivity contribution in [1.82, 2.24) is 5.32 Å². The summed E-state index contributed by atoms with van der Waals surface area (Å²) in [5.41, 5.74) is -0.424. The molecule has 1 fully saturated rings. The molecule has 1 aliphatic carbocycles. The summed E-state index contributed by atoms with van der Waals surface area (Å²) in [7, 11) is 0. The van der Waals surface area contributed by atoms with E-state index in [-0.39, 0.29) is 11.2 Å². The smallest absolute Gasteiger partial charge is 0.171 e. The Bertz CT molecular complexity index is 436. The second-order valence-corrected chi connectivity index (χ2v) is 4.73. The van der Waals surface area contributed by atoms with Gasteiger partial charge in [0.2, 0.25) is 0 Å². The van der Waals surface area contributed by atoms with Crippen LogP contribution in [0.1, 0.15) is 25.7 Å². The Hall–Kier alpha value is -1.30. The first-order valence-electron chi connectivity index (χ1n) is 5.78. The van der Waals surface area contributed by atoms with Crippen LogP contribution in [0.3, 0.4) is 0 Å². The summed E-state index contributed by atoms with van der Waals surface area (Å²) in [5, 5.41) is 5.58. The summed E-state index contributed by atoms with van der Waals surface area (Å²) >= 11 is 4.98. The molecule has 98 valence electrons. The highest BCUT2D eigenvalue weighted by atomic mass is 32.1. The quantitative estimate of drug-likeness (QED) is 0.809. The molecule has 1 aliphatic rings. The summed E-state index contributed by atoms with van der Waals surface area (Å²) in [4.78, 5) is 0. The first-order chi connectivity index (χ1) is 8.56. The van der Waals surface area contributed by atoms with E-state index in [1.54, 1.807) is 0 Å². The van der Waals surface area contributed by atoms with E-state index in [1.165, 1.54) is 0 Å². The molecule has 0 heterocycles. The van der Waals surface area contributed by atoms with Gasteiger partial charge in [-0.25, -0.2) is 13.2 Å². The lowest BCUT2D eigenvalue weighted by Crippen LogP contribution is -2.36. The molecular weight excluding hydrogens is 261 g/mol. The molecule has 0 bridgehead atoms. The molecule has 0 saturated heterocycles.